The molecule has 0 N–H and O–H groups in total. The zero-order valence-electron chi connectivity index (χ0n) is 13.8. The van der Waals surface area contributed by atoms with Gasteiger partial charge in [-0.1, -0.05) is 44.2 Å². The molecule has 0 aliphatic carbocycles. The zero-order valence-corrected chi connectivity index (χ0v) is 13.8. The minimum atomic E-state index is -0.441. The minimum Gasteiger partial charge on any atom is -0.444 e. The van der Waals surface area contributed by atoms with Crippen molar-refractivity contribution in [1.29, 1.82) is 0 Å². The number of benzene rings is 1. The highest BCUT2D eigenvalue weighted by Crippen LogP contribution is 2.35. The second kappa shape index (κ2) is 6.08. The van der Waals surface area contributed by atoms with Crippen molar-refractivity contribution in [2.24, 2.45) is 5.92 Å². The van der Waals surface area contributed by atoms with Crippen molar-refractivity contribution in [3.05, 3.63) is 35.9 Å². The van der Waals surface area contributed by atoms with Gasteiger partial charge < -0.3 is 9.64 Å². The molecule has 1 fully saturated rings. The van der Waals surface area contributed by atoms with Crippen LogP contribution < -0.4 is 0 Å². The number of rotatable bonds is 2. The maximum atomic E-state index is 12.5. The van der Waals surface area contributed by atoms with Gasteiger partial charge in [-0.2, -0.15) is 0 Å². The fraction of sp³-hybridized carbons (Fsp3) is 0.611. The van der Waals surface area contributed by atoms with Crippen LogP contribution in [0.3, 0.4) is 0 Å². The van der Waals surface area contributed by atoms with Crippen molar-refractivity contribution in [1.82, 2.24) is 4.90 Å². The monoisotopic (exact) mass is 289 g/mol. The van der Waals surface area contributed by atoms with E-state index < -0.39 is 5.60 Å². The summed E-state index contributed by atoms with van der Waals surface area (Å²) in [6, 6.07) is 10.7. The van der Waals surface area contributed by atoms with Crippen LogP contribution in [0.5, 0.6) is 0 Å². The third-order valence-electron chi connectivity index (χ3n) is 4.01. The van der Waals surface area contributed by atoms with Crippen LogP contribution in [0.15, 0.2) is 30.3 Å². The lowest BCUT2D eigenvalue weighted by Crippen LogP contribution is -2.42. The van der Waals surface area contributed by atoms with E-state index in [1.807, 2.05) is 31.7 Å². The molecule has 0 spiro atoms. The number of nitrogens with zero attached hydrogens (tertiary/aromatic N) is 1. The SMILES string of the molecule is CC(C)[C@@H]1C[C@H](c2ccccc2)CN1C(=O)OC(C)(C)C. The van der Waals surface area contributed by atoms with Gasteiger partial charge in [0.05, 0.1) is 0 Å². The van der Waals surface area contributed by atoms with E-state index >= 15 is 0 Å². The summed E-state index contributed by atoms with van der Waals surface area (Å²) in [6.07, 6.45) is 0.834. The largest absolute Gasteiger partial charge is 0.444 e. The first-order chi connectivity index (χ1) is 9.78. The number of amides is 1. The normalized spacial score (nSPS) is 22.7. The van der Waals surface area contributed by atoms with E-state index in [2.05, 4.69) is 38.1 Å². The average Bonchev–Trinajstić information content (AvgIpc) is 2.83. The van der Waals surface area contributed by atoms with Gasteiger partial charge in [0.1, 0.15) is 5.60 Å². The maximum Gasteiger partial charge on any atom is 0.410 e. The Hall–Kier alpha value is -1.51. The molecule has 1 aliphatic heterocycles. The van der Waals surface area contributed by atoms with Crippen LogP contribution in [-0.4, -0.2) is 29.2 Å². The molecule has 3 heteroatoms. The Balaban J connectivity index is 2.14. The van der Waals surface area contributed by atoms with E-state index in [4.69, 9.17) is 4.74 Å². The third-order valence-corrected chi connectivity index (χ3v) is 4.01. The molecule has 0 saturated carbocycles. The quantitative estimate of drug-likeness (QED) is 0.805. The maximum absolute atomic E-state index is 12.5. The fourth-order valence-electron chi connectivity index (χ4n) is 3.00. The molecule has 1 heterocycles. The van der Waals surface area contributed by atoms with Crippen LogP contribution >= 0.6 is 0 Å². The molecule has 0 aromatic heterocycles. The predicted molar refractivity (Wildman–Crippen MR) is 85.4 cm³/mol. The number of hydrogen-bond donors (Lipinski definition) is 0. The lowest BCUT2D eigenvalue weighted by atomic mass is 9.93. The number of likely N-dealkylation sites (tertiary alicyclic amines) is 1. The van der Waals surface area contributed by atoms with E-state index in [0.29, 0.717) is 11.8 Å². The van der Waals surface area contributed by atoms with Crippen LogP contribution in [0.25, 0.3) is 0 Å². The van der Waals surface area contributed by atoms with E-state index in [-0.39, 0.29) is 12.1 Å². The van der Waals surface area contributed by atoms with Crippen molar-refractivity contribution in [3.63, 3.8) is 0 Å². The van der Waals surface area contributed by atoms with Gasteiger partial charge in [-0.05, 0) is 38.7 Å². The number of carbonyl (C=O) groups is 1. The number of hydrogen-bond acceptors (Lipinski definition) is 2. The van der Waals surface area contributed by atoms with Crippen molar-refractivity contribution >= 4 is 6.09 Å². The van der Waals surface area contributed by atoms with Crippen molar-refractivity contribution < 1.29 is 9.53 Å². The lowest BCUT2D eigenvalue weighted by Gasteiger charge is -2.30. The Bertz CT molecular complexity index is 476. The van der Waals surface area contributed by atoms with Crippen LogP contribution in [0.2, 0.25) is 0 Å². The second-order valence-electron chi connectivity index (χ2n) is 7.29. The molecule has 1 saturated heterocycles. The summed E-state index contributed by atoms with van der Waals surface area (Å²) in [4.78, 5) is 14.4. The Morgan fingerprint density at radius 3 is 2.38 bits per heavy atom. The van der Waals surface area contributed by atoms with Crippen molar-refractivity contribution in [2.45, 2.75) is 58.6 Å². The Morgan fingerprint density at radius 1 is 1.24 bits per heavy atom. The zero-order chi connectivity index (χ0) is 15.6. The molecule has 0 bridgehead atoms. The molecule has 1 aromatic carbocycles. The summed E-state index contributed by atoms with van der Waals surface area (Å²) in [5.74, 6) is 0.845. The highest BCUT2D eigenvalue weighted by Gasteiger charge is 2.39. The highest BCUT2D eigenvalue weighted by atomic mass is 16.6. The molecule has 2 atom stereocenters. The molecule has 116 valence electrons. The van der Waals surface area contributed by atoms with Gasteiger partial charge in [0, 0.05) is 18.5 Å². The summed E-state index contributed by atoms with van der Waals surface area (Å²) in [6.45, 7) is 10.9. The van der Waals surface area contributed by atoms with Crippen LogP contribution in [0.1, 0.15) is 52.5 Å². The summed E-state index contributed by atoms with van der Waals surface area (Å²) >= 11 is 0. The average molecular weight is 289 g/mol. The van der Waals surface area contributed by atoms with E-state index in [0.717, 1.165) is 13.0 Å². The molecule has 1 amide bonds. The van der Waals surface area contributed by atoms with Gasteiger partial charge in [-0.3, -0.25) is 0 Å². The Labute approximate surface area is 128 Å². The lowest BCUT2D eigenvalue weighted by molar-refractivity contribution is 0.0189. The topological polar surface area (TPSA) is 29.5 Å². The van der Waals surface area contributed by atoms with Gasteiger partial charge in [0.2, 0.25) is 0 Å². The molecular weight excluding hydrogens is 262 g/mol. The number of carbonyl (C=O) groups excluding carboxylic acids is 1. The highest BCUT2D eigenvalue weighted by molar-refractivity contribution is 5.69. The first-order valence-corrected chi connectivity index (χ1v) is 7.82. The summed E-state index contributed by atoms with van der Waals surface area (Å²) in [7, 11) is 0. The van der Waals surface area contributed by atoms with E-state index in [9.17, 15) is 4.79 Å². The minimum absolute atomic E-state index is 0.181. The number of ether oxygens (including phenoxy) is 1. The van der Waals surface area contributed by atoms with Crippen molar-refractivity contribution in [3.8, 4) is 0 Å². The predicted octanol–water partition coefficient (Wildman–Crippen LogP) is 4.44. The van der Waals surface area contributed by atoms with Crippen LogP contribution in [0, 0.1) is 5.92 Å². The Kier molecular flexibility index (Phi) is 4.60. The molecule has 2 rings (SSSR count). The van der Waals surface area contributed by atoms with E-state index in [1.54, 1.807) is 0 Å². The van der Waals surface area contributed by atoms with Gasteiger partial charge in [-0.15, -0.1) is 0 Å². The first kappa shape index (κ1) is 15.9. The molecule has 1 aromatic rings. The van der Waals surface area contributed by atoms with Gasteiger partial charge in [0.25, 0.3) is 0 Å². The van der Waals surface area contributed by atoms with Gasteiger partial charge in [-0.25, -0.2) is 4.79 Å². The molecule has 1 aliphatic rings. The van der Waals surface area contributed by atoms with Gasteiger partial charge in [0.15, 0.2) is 0 Å². The van der Waals surface area contributed by atoms with E-state index in [1.165, 1.54) is 5.56 Å². The van der Waals surface area contributed by atoms with Gasteiger partial charge >= 0.3 is 6.09 Å². The molecular formula is C18H27NO2. The standard InChI is InChI=1S/C18H27NO2/c1-13(2)16-11-15(14-9-7-6-8-10-14)12-19(16)17(20)21-18(3,4)5/h6-10,13,15-16H,11-12H2,1-5H3/t15-,16-/m0/s1. The molecule has 21 heavy (non-hydrogen) atoms. The summed E-state index contributed by atoms with van der Waals surface area (Å²) in [5, 5.41) is 0. The third kappa shape index (κ3) is 3.99. The molecule has 3 nitrogen and oxygen atoms in total. The molecule has 0 radical (unpaired) electrons. The van der Waals surface area contributed by atoms with Crippen molar-refractivity contribution in [2.75, 3.05) is 6.54 Å². The van der Waals surface area contributed by atoms with Crippen LogP contribution in [0.4, 0.5) is 4.79 Å². The Morgan fingerprint density at radius 2 is 1.86 bits per heavy atom. The molecule has 0 unspecified atom stereocenters. The smallest absolute Gasteiger partial charge is 0.410 e. The second-order valence-corrected chi connectivity index (χ2v) is 7.29. The summed E-state index contributed by atoms with van der Waals surface area (Å²) < 4.78 is 5.57. The first-order valence-electron chi connectivity index (χ1n) is 7.82. The van der Waals surface area contributed by atoms with Crippen LogP contribution in [-0.2, 0) is 4.74 Å². The summed E-state index contributed by atoms with van der Waals surface area (Å²) in [5.41, 5.74) is 0.873. The fourth-order valence-corrected chi connectivity index (χ4v) is 3.00.